The largest absolute Gasteiger partial charge is 0.493 e. The summed E-state index contributed by atoms with van der Waals surface area (Å²) < 4.78 is 12.1. The minimum absolute atomic E-state index is 0.00175. The van der Waals surface area contributed by atoms with Crippen LogP contribution in [0.3, 0.4) is 0 Å². The van der Waals surface area contributed by atoms with Gasteiger partial charge in [-0.15, -0.1) is 11.3 Å². The number of benzene rings is 2. The number of hydrogen-bond acceptors (Lipinski definition) is 5. The molecule has 26 heavy (non-hydrogen) atoms. The molecule has 0 radical (unpaired) electrons. The average Bonchev–Trinajstić information content (AvgIpc) is 3.32. The van der Waals surface area contributed by atoms with Gasteiger partial charge in [0.1, 0.15) is 5.01 Å². The van der Waals surface area contributed by atoms with Crippen LogP contribution in [0.1, 0.15) is 23.9 Å². The lowest BCUT2D eigenvalue weighted by molar-refractivity contribution is -0.134. The highest BCUT2D eigenvalue weighted by molar-refractivity contribution is 7.18. The van der Waals surface area contributed by atoms with Gasteiger partial charge in [0, 0.05) is 6.54 Å². The fourth-order valence-electron chi connectivity index (χ4n) is 3.31. The highest BCUT2D eigenvalue weighted by atomic mass is 32.1. The van der Waals surface area contributed by atoms with Gasteiger partial charge in [-0.2, -0.15) is 0 Å². The van der Waals surface area contributed by atoms with Crippen LogP contribution in [-0.2, 0) is 4.79 Å². The third kappa shape index (κ3) is 3.24. The Bertz CT molecular complexity index is 891. The number of hydrogen-bond donors (Lipinski definition) is 0. The van der Waals surface area contributed by atoms with Crippen LogP contribution in [-0.4, -0.2) is 36.1 Å². The smallest absolute Gasteiger partial charge is 0.261 e. The van der Waals surface area contributed by atoms with E-state index in [4.69, 9.17) is 14.5 Å². The first-order valence-corrected chi connectivity index (χ1v) is 9.48. The van der Waals surface area contributed by atoms with Gasteiger partial charge in [0.2, 0.25) is 0 Å². The molecule has 6 heteroatoms. The molecule has 0 N–H and O–H groups in total. The Morgan fingerprint density at radius 2 is 1.96 bits per heavy atom. The monoisotopic (exact) mass is 368 g/mol. The van der Waals surface area contributed by atoms with Crippen molar-refractivity contribution in [1.82, 2.24) is 9.88 Å². The number of likely N-dealkylation sites (tertiary alicyclic amines) is 1. The summed E-state index contributed by atoms with van der Waals surface area (Å²) in [6, 6.07) is 15.5. The number of amides is 1. The highest BCUT2D eigenvalue weighted by Gasteiger charge is 2.32. The van der Waals surface area contributed by atoms with Crippen molar-refractivity contribution in [2.75, 3.05) is 20.3 Å². The molecule has 2 aromatic carbocycles. The third-order valence-electron chi connectivity index (χ3n) is 4.59. The van der Waals surface area contributed by atoms with Gasteiger partial charge >= 0.3 is 0 Å². The Morgan fingerprint density at radius 1 is 1.19 bits per heavy atom. The van der Waals surface area contributed by atoms with E-state index in [9.17, 15) is 4.79 Å². The molecular formula is C20H20N2O3S. The van der Waals surface area contributed by atoms with E-state index in [1.54, 1.807) is 24.5 Å². The second-order valence-corrected chi connectivity index (χ2v) is 7.27. The summed E-state index contributed by atoms with van der Waals surface area (Å²) >= 11 is 1.67. The van der Waals surface area contributed by atoms with Gasteiger partial charge in [0.05, 0.1) is 23.4 Å². The van der Waals surface area contributed by atoms with Gasteiger partial charge in [-0.05, 0) is 37.1 Å². The quantitative estimate of drug-likeness (QED) is 0.682. The summed E-state index contributed by atoms with van der Waals surface area (Å²) in [6.07, 6.45) is 1.93. The summed E-state index contributed by atoms with van der Waals surface area (Å²) in [5, 5.41) is 1.01. The van der Waals surface area contributed by atoms with E-state index in [0.717, 1.165) is 34.6 Å². The van der Waals surface area contributed by atoms with E-state index in [1.807, 2.05) is 41.3 Å². The Balaban J connectivity index is 1.48. The molecule has 0 unspecified atom stereocenters. The highest BCUT2D eigenvalue weighted by Crippen LogP contribution is 2.36. The second-order valence-electron chi connectivity index (χ2n) is 6.20. The molecule has 5 nitrogen and oxygen atoms in total. The van der Waals surface area contributed by atoms with Crippen LogP contribution in [0, 0.1) is 0 Å². The third-order valence-corrected chi connectivity index (χ3v) is 5.73. The van der Waals surface area contributed by atoms with Crippen molar-refractivity contribution < 1.29 is 14.3 Å². The minimum Gasteiger partial charge on any atom is -0.493 e. The van der Waals surface area contributed by atoms with Crippen LogP contribution in [0.5, 0.6) is 11.5 Å². The maximum Gasteiger partial charge on any atom is 0.261 e. The van der Waals surface area contributed by atoms with Crippen LogP contribution >= 0.6 is 11.3 Å². The molecule has 3 aromatic rings. The minimum atomic E-state index is -0.0161. The van der Waals surface area contributed by atoms with Crippen LogP contribution in [0.4, 0.5) is 0 Å². The van der Waals surface area contributed by atoms with Crippen molar-refractivity contribution >= 4 is 27.5 Å². The Hall–Kier alpha value is -2.60. The summed E-state index contributed by atoms with van der Waals surface area (Å²) in [6.45, 7) is 0.747. The first kappa shape index (κ1) is 16.8. The van der Waals surface area contributed by atoms with E-state index in [0.29, 0.717) is 11.5 Å². The molecular weight excluding hydrogens is 348 g/mol. The number of nitrogens with zero attached hydrogens (tertiary/aromatic N) is 2. The van der Waals surface area contributed by atoms with Crippen molar-refractivity contribution in [3.05, 3.63) is 53.5 Å². The van der Waals surface area contributed by atoms with Crippen LogP contribution in [0.25, 0.3) is 10.2 Å². The molecule has 134 valence electrons. The van der Waals surface area contributed by atoms with Crippen LogP contribution in [0.2, 0.25) is 0 Å². The number of aromatic nitrogens is 1. The van der Waals surface area contributed by atoms with E-state index in [1.165, 1.54) is 0 Å². The second kappa shape index (κ2) is 7.33. The molecule has 1 saturated heterocycles. The van der Waals surface area contributed by atoms with Crippen molar-refractivity contribution in [3.8, 4) is 11.5 Å². The predicted molar refractivity (Wildman–Crippen MR) is 102 cm³/mol. The average molecular weight is 368 g/mol. The SMILES string of the molecule is COc1ccccc1OCC(=O)N1CCC[C@@H]1c1nc2ccccc2s1. The Kier molecular flexibility index (Phi) is 4.75. The van der Waals surface area contributed by atoms with Gasteiger partial charge < -0.3 is 14.4 Å². The van der Waals surface area contributed by atoms with Crippen molar-refractivity contribution in [2.24, 2.45) is 0 Å². The number of methoxy groups -OCH3 is 1. The Labute approximate surface area is 156 Å². The number of rotatable bonds is 5. The lowest BCUT2D eigenvalue weighted by atomic mass is 10.2. The standard InChI is InChI=1S/C20H20N2O3S/c1-24-16-9-3-4-10-17(16)25-13-19(23)22-12-6-8-15(22)20-21-14-7-2-5-11-18(14)26-20/h2-5,7,9-11,15H,6,8,12-13H2,1H3/t15-/m1/s1. The lowest BCUT2D eigenvalue weighted by Gasteiger charge is -2.23. The van der Waals surface area contributed by atoms with Crippen molar-refractivity contribution in [2.45, 2.75) is 18.9 Å². The summed E-state index contributed by atoms with van der Waals surface area (Å²) in [5.74, 6) is 1.20. The van der Waals surface area contributed by atoms with Crippen molar-refractivity contribution in [3.63, 3.8) is 0 Å². The summed E-state index contributed by atoms with van der Waals surface area (Å²) in [4.78, 5) is 19.4. The predicted octanol–water partition coefficient (Wildman–Crippen LogP) is 4.05. The van der Waals surface area contributed by atoms with Gasteiger partial charge in [-0.1, -0.05) is 24.3 Å². The summed E-state index contributed by atoms with van der Waals surface area (Å²) in [5.41, 5.74) is 0.997. The lowest BCUT2D eigenvalue weighted by Crippen LogP contribution is -2.34. The van der Waals surface area contributed by atoms with Crippen LogP contribution < -0.4 is 9.47 Å². The van der Waals surface area contributed by atoms with Gasteiger partial charge in [0.25, 0.3) is 5.91 Å². The number of thiazole rings is 1. The van der Waals surface area contributed by atoms with Crippen LogP contribution in [0.15, 0.2) is 48.5 Å². The number of fused-ring (bicyclic) bond motifs is 1. The van der Waals surface area contributed by atoms with Gasteiger partial charge in [-0.3, -0.25) is 4.79 Å². The van der Waals surface area contributed by atoms with Crippen molar-refractivity contribution in [1.29, 1.82) is 0 Å². The number of carbonyl (C=O) groups is 1. The molecule has 0 aliphatic carbocycles. The normalized spacial score (nSPS) is 16.8. The molecule has 1 amide bonds. The topological polar surface area (TPSA) is 51.7 Å². The van der Waals surface area contributed by atoms with E-state index in [2.05, 4.69) is 6.07 Å². The fraction of sp³-hybridized carbons (Fsp3) is 0.300. The number of para-hydroxylation sites is 3. The number of ether oxygens (including phenoxy) is 2. The molecule has 1 aromatic heterocycles. The molecule has 2 heterocycles. The van der Waals surface area contributed by atoms with E-state index < -0.39 is 0 Å². The first-order valence-electron chi connectivity index (χ1n) is 8.67. The molecule has 1 aliphatic heterocycles. The number of carbonyl (C=O) groups excluding carboxylic acids is 1. The molecule has 1 aliphatic rings. The maximum absolute atomic E-state index is 12.8. The molecule has 0 spiro atoms. The zero-order valence-corrected chi connectivity index (χ0v) is 15.4. The van der Waals surface area contributed by atoms with E-state index in [-0.39, 0.29) is 18.6 Å². The maximum atomic E-state index is 12.8. The fourth-order valence-corrected chi connectivity index (χ4v) is 4.43. The van der Waals surface area contributed by atoms with Gasteiger partial charge in [0.15, 0.2) is 18.1 Å². The van der Waals surface area contributed by atoms with E-state index >= 15 is 0 Å². The molecule has 0 saturated carbocycles. The molecule has 1 atom stereocenters. The van der Waals surface area contributed by atoms with Gasteiger partial charge in [-0.25, -0.2) is 4.98 Å². The zero-order valence-electron chi connectivity index (χ0n) is 14.6. The molecule has 1 fully saturated rings. The zero-order chi connectivity index (χ0) is 17.9. The summed E-state index contributed by atoms with van der Waals surface area (Å²) in [7, 11) is 1.59. The molecule has 4 rings (SSSR count). The molecule has 0 bridgehead atoms. The first-order chi connectivity index (χ1) is 12.8. The Morgan fingerprint density at radius 3 is 2.77 bits per heavy atom.